The highest BCUT2D eigenvalue weighted by Gasteiger charge is 2.16. The minimum atomic E-state index is -0.728. The van der Waals surface area contributed by atoms with Crippen molar-refractivity contribution in [2.45, 2.75) is 32.4 Å². The summed E-state index contributed by atoms with van der Waals surface area (Å²) in [6.45, 7) is 3.69. The van der Waals surface area contributed by atoms with E-state index in [0.717, 1.165) is 12.2 Å². The molecule has 4 heteroatoms. The smallest absolute Gasteiger partial charge is 0.136 e. The highest BCUT2D eigenvalue weighted by molar-refractivity contribution is 5.09. The van der Waals surface area contributed by atoms with Crippen LogP contribution in [0.4, 0.5) is 0 Å². The second kappa shape index (κ2) is 3.69. The molecule has 1 rings (SSSR count). The summed E-state index contributed by atoms with van der Waals surface area (Å²) in [6, 6.07) is 1.41. The predicted octanol–water partition coefficient (Wildman–Crippen LogP) is 0.618. The summed E-state index contributed by atoms with van der Waals surface area (Å²) in [5.41, 5.74) is 6.00. The summed E-state index contributed by atoms with van der Waals surface area (Å²) in [6.07, 6.45) is 0.0487. The third-order valence-corrected chi connectivity index (χ3v) is 1.73. The molecule has 68 valence electrons. The Morgan fingerprint density at radius 2 is 2.42 bits per heavy atom. The molecule has 4 nitrogen and oxygen atoms in total. The van der Waals surface area contributed by atoms with Gasteiger partial charge in [-0.1, -0.05) is 12.1 Å². The Morgan fingerprint density at radius 3 is 2.83 bits per heavy atom. The van der Waals surface area contributed by atoms with Gasteiger partial charge < -0.3 is 15.4 Å². The minimum absolute atomic E-state index is 0.320. The first-order chi connectivity index (χ1) is 5.65. The van der Waals surface area contributed by atoms with Gasteiger partial charge in [0.15, 0.2) is 0 Å². The van der Waals surface area contributed by atoms with Crippen LogP contribution >= 0.6 is 0 Å². The van der Waals surface area contributed by atoms with E-state index in [0.29, 0.717) is 5.69 Å². The molecule has 0 radical (unpaired) electrons. The molecule has 2 atom stereocenters. The standard InChI is InChI=1S/C8H14N2O2/c1-3-6-4-7(10-12-6)8(11)5(2)9/h4-5,8,11H,3,9H2,1-2H3. The molecule has 0 bridgehead atoms. The summed E-state index contributed by atoms with van der Waals surface area (Å²) < 4.78 is 4.92. The maximum absolute atomic E-state index is 9.46. The van der Waals surface area contributed by atoms with E-state index in [1.807, 2.05) is 6.92 Å². The zero-order valence-electron chi connectivity index (χ0n) is 7.32. The van der Waals surface area contributed by atoms with Crippen LogP contribution in [0.2, 0.25) is 0 Å². The van der Waals surface area contributed by atoms with E-state index in [-0.39, 0.29) is 6.04 Å². The van der Waals surface area contributed by atoms with Gasteiger partial charge in [-0.3, -0.25) is 0 Å². The minimum Gasteiger partial charge on any atom is -0.385 e. The summed E-state index contributed by atoms with van der Waals surface area (Å²) in [5.74, 6) is 0.768. The van der Waals surface area contributed by atoms with Gasteiger partial charge in [-0.2, -0.15) is 0 Å². The van der Waals surface area contributed by atoms with Crippen LogP contribution in [0.5, 0.6) is 0 Å². The largest absolute Gasteiger partial charge is 0.385 e. The number of rotatable bonds is 3. The van der Waals surface area contributed by atoms with Gasteiger partial charge in [0.2, 0.25) is 0 Å². The van der Waals surface area contributed by atoms with Gasteiger partial charge >= 0.3 is 0 Å². The normalized spacial score (nSPS) is 16.0. The molecule has 0 saturated carbocycles. The first kappa shape index (κ1) is 9.22. The molecular weight excluding hydrogens is 156 g/mol. The number of aliphatic hydroxyl groups is 1. The average Bonchev–Trinajstić information content (AvgIpc) is 2.50. The number of hydrogen-bond donors (Lipinski definition) is 2. The SMILES string of the molecule is CCc1cc(C(O)C(C)N)no1. The van der Waals surface area contributed by atoms with Crippen LogP contribution in [0.25, 0.3) is 0 Å². The number of aryl methyl sites for hydroxylation is 1. The lowest BCUT2D eigenvalue weighted by Crippen LogP contribution is -2.24. The molecule has 0 spiro atoms. The second-order valence-electron chi connectivity index (χ2n) is 2.88. The summed E-state index contributed by atoms with van der Waals surface area (Å²) in [4.78, 5) is 0. The average molecular weight is 170 g/mol. The number of nitrogens with zero attached hydrogens (tertiary/aromatic N) is 1. The molecule has 0 fully saturated rings. The summed E-state index contributed by atoms with van der Waals surface area (Å²) >= 11 is 0. The van der Waals surface area contributed by atoms with Crippen LogP contribution in [0.15, 0.2) is 10.6 Å². The fraction of sp³-hybridized carbons (Fsp3) is 0.625. The van der Waals surface area contributed by atoms with Gasteiger partial charge in [0.1, 0.15) is 17.6 Å². The number of hydrogen-bond acceptors (Lipinski definition) is 4. The van der Waals surface area contributed by atoms with Gasteiger partial charge in [0, 0.05) is 18.5 Å². The Bertz CT molecular complexity index is 245. The van der Waals surface area contributed by atoms with Crippen molar-refractivity contribution in [3.05, 3.63) is 17.5 Å². The molecule has 0 aromatic carbocycles. The van der Waals surface area contributed by atoms with Crippen molar-refractivity contribution < 1.29 is 9.63 Å². The molecule has 1 heterocycles. The van der Waals surface area contributed by atoms with Gasteiger partial charge in [-0.25, -0.2) is 0 Å². The first-order valence-electron chi connectivity index (χ1n) is 4.04. The Morgan fingerprint density at radius 1 is 1.75 bits per heavy atom. The third kappa shape index (κ3) is 1.84. The molecular formula is C8H14N2O2. The second-order valence-corrected chi connectivity index (χ2v) is 2.88. The van der Waals surface area contributed by atoms with Crippen molar-refractivity contribution in [1.82, 2.24) is 5.16 Å². The topological polar surface area (TPSA) is 72.3 Å². The molecule has 12 heavy (non-hydrogen) atoms. The van der Waals surface area contributed by atoms with Crippen LogP contribution < -0.4 is 5.73 Å². The molecule has 1 aromatic rings. The molecule has 1 aromatic heterocycles. The van der Waals surface area contributed by atoms with Crippen LogP contribution in [0.3, 0.4) is 0 Å². The van der Waals surface area contributed by atoms with E-state index in [4.69, 9.17) is 10.3 Å². The fourth-order valence-electron chi connectivity index (χ4n) is 0.904. The van der Waals surface area contributed by atoms with Crippen LogP contribution in [-0.2, 0) is 6.42 Å². The van der Waals surface area contributed by atoms with Crippen molar-refractivity contribution in [2.75, 3.05) is 0 Å². The molecule has 3 N–H and O–H groups in total. The molecule has 0 amide bonds. The maximum atomic E-state index is 9.46. The number of nitrogens with two attached hydrogens (primary N) is 1. The number of aromatic nitrogens is 1. The quantitative estimate of drug-likeness (QED) is 0.697. The zero-order valence-corrected chi connectivity index (χ0v) is 7.32. The molecule has 2 unspecified atom stereocenters. The predicted molar refractivity (Wildman–Crippen MR) is 44.5 cm³/mol. The lowest BCUT2D eigenvalue weighted by molar-refractivity contribution is 0.143. The van der Waals surface area contributed by atoms with E-state index >= 15 is 0 Å². The zero-order chi connectivity index (χ0) is 9.14. The molecule has 0 saturated heterocycles. The Hall–Kier alpha value is -0.870. The van der Waals surface area contributed by atoms with Crippen molar-refractivity contribution in [1.29, 1.82) is 0 Å². The molecule has 0 aliphatic carbocycles. The third-order valence-electron chi connectivity index (χ3n) is 1.73. The van der Waals surface area contributed by atoms with Crippen LogP contribution in [0.1, 0.15) is 31.4 Å². The molecule has 0 aliphatic rings. The fourth-order valence-corrected chi connectivity index (χ4v) is 0.904. The van der Waals surface area contributed by atoms with Gasteiger partial charge in [0.05, 0.1) is 0 Å². The van der Waals surface area contributed by atoms with Crippen molar-refractivity contribution >= 4 is 0 Å². The van der Waals surface area contributed by atoms with E-state index in [1.54, 1.807) is 13.0 Å². The molecule has 0 aliphatic heterocycles. The van der Waals surface area contributed by atoms with Gasteiger partial charge in [-0.05, 0) is 6.92 Å². The summed E-state index contributed by atoms with van der Waals surface area (Å²) in [7, 11) is 0. The van der Waals surface area contributed by atoms with Crippen molar-refractivity contribution in [3.63, 3.8) is 0 Å². The lowest BCUT2D eigenvalue weighted by Gasteiger charge is -2.09. The Balaban J connectivity index is 2.74. The van der Waals surface area contributed by atoms with Crippen molar-refractivity contribution in [2.24, 2.45) is 5.73 Å². The van der Waals surface area contributed by atoms with Gasteiger partial charge in [-0.15, -0.1) is 0 Å². The van der Waals surface area contributed by atoms with Crippen molar-refractivity contribution in [3.8, 4) is 0 Å². The van der Waals surface area contributed by atoms with E-state index in [1.165, 1.54) is 0 Å². The highest BCUT2D eigenvalue weighted by Crippen LogP contribution is 2.15. The van der Waals surface area contributed by atoms with E-state index in [2.05, 4.69) is 5.16 Å². The maximum Gasteiger partial charge on any atom is 0.136 e. The Kier molecular flexibility index (Phi) is 2.83. The highest BCUT2D eigenvalue weighted by atomic mass is 16.5. The monoisotopic (exact) mass is 170 g/mol. The van der Waals surface area contributed by atoms with Gasteiger partial charge in [0.25, 0.3) is 0 Å². The van der Waals surface area contributed by atoms with Crippen LogP contribution in [0, 0.1) is 0 Å². The number of aliphatic hydroxyl groups excluding tert-OH is 1. The Labute approximate surface area is 71.4 Å². The van der Waals surface area contributed by atoms with E-state index in [9.17, 15) is 5.11 Å². The van der Waals surface area contributed by atoms with E-state index < -0.39 is 6.10 Å². The first-order valence-corrected chi connectivity index (χ1v) is 4.04. The lowest BCUT2D eigenvalue weighted by atomic mass is 10.1. The van der Waals surface area contributed by atoms with Crippen LogP contribution in [-0.4, -0.2) is 16.3 Å². The summed E-state index contributed by atoms with van der Waals surface area (Å²) in [5, 5.41) is 13.2.